The molecule has 0 saturated carbocycles. The Labute approximate surface area is 162 Å². The summed E-state index contributed by atoms with van der Waals surface area (Å²) >= 11 is 1.53. The van der Waals surface area contributed by atoms with Crippen molar-refractivity contribution < 1.29 is 22.3 Å². The number of hydrogen-bond acceptors (Lipinski definition) is 5. The fourth-order valence-electron chi connectivity index (χ4n) is 3.14. The van der Waals surface area contributed by atoms with E-state index < -0.39 is 27.8 Å². The Kier molecular flexibility index (Phi) is 5.86. The first-order valence-corrected chi connectivity index (χ1v) is 11.4. The molecule has 1 aliphatic rings. The summed E-state index contributed by atoms with van der Waals surface area (Å²) in [4.78, 5) is 15.7. The number of amides is 1. The number of halogens is 1. The molecule has 1 aliphatic heterocycles. The van der Waals surface area contributed by atoms with Gasteiger partial charge >= 0.3 is 0 Å². The number of benzene rings is 1. The Morgan fingerprint density at radius 2 is 2.11 bits per heavy atom. The molecule has 2 heterocycles. The van der Waals surface area contributed by atoms with Crippen LogP contribution in [0.2, 0.25) is 0 Å². The van der Waals surface area contributed by atoms with E-state index in [2.05, 4.69) is 0 Å². The van der Waals surface area contributed by atoms with Gasteiger partial charge < -0.3 is 9.64 Å². The quantitative estimate of drug-likeness (QED) is 0.732. The highest BCUT2D eigenvalue weighted by atomic mass is 32.2. The van der Waals surface area contributed by atoms with Gasteiger partial charge in [0.25, 0.3) is 5.91 Å². The molecule has 0 N–H and O–H groups in total. The van der Waals surface area contributed by atoms with Gasteiger partial charge in [0, 0.05) is 10.9 Å². The van der Waals surface area contributed by atoms with Gasteiger partial charge in [0.05, 0.1) is 18.1 Å². The van der Waals surface area contributed by atoms with E-state index in [4.69, 9.17) is 4.74 Å². The molecule has 2 atom stereocenters. The van der Waals surface area contributed by atoms with Gasteiger partial charge in [-0.1, -0.05) is 12.1 Å². The molecule has 0 aliphatic carbocycles. The van der Waals surface area contributed by atoms with Crippen LogP contribution < -0.4 is 4.74 Å². The largest absolute Gasteiger partial charge is 0.478 e. The van der Waals surface area contributed by atoms with Crippen molar-refractivity contribution in [3.8, 4) is 5.75 Å². The topological polar surface area (TPSA) is 63.7 Å². The number of carbonyl (C=O) groups is 1. The average molecular weight is 412 g/mol. The zero-order valence-electron chi connectivity index (χ0n) is 15.2. The van der Waals surface area contributed by atoms with E-state index in [0.29, 0.717) is 13.0 Å². The lowest BCUT2D eigenvalue weighted by atomic mass is 10.1. The first kappa shape index (κ1) is 19.8. The van der Waals surface area contributed by atoms with E-state index in [1.54, 1.807) is 24.0 Å². The second-order valence-electron chi connectivity index (χ2n) is 6.74. The summed E-state index contributed by atoms with van der Waals surface area (Å²) < 4.78 is 43.2. The molecule has 27 heavy (non-hydrogen) atoms. The Bertz CT molecular complexity index is 925. The van der Waals surface area contributed by atoms with E-state index in [-0.39, 0.29) is 23.2 Å². The van der Waals surface area contributed by atoms with Gasteiger partial charge in [-0.05, 0) is 49.4 Å². The third kappa shape index (κ3) is 4.68. The maximum Gasteiger partial charge on any atom is 0.263 e. The number of ether oxygens (including phenoxy) is 1. The molecule has 2 unspecified atom stereocenters. The number of rotatable bonds is 6. The van der Waals surface area contributed by atoms with Crippen molar-refractivity contribution >= 4 is 27.1 Å². The first-order chi connectivity index (χ1) is 12.8. The molecule has 1 aromatic heterocycles. The first-order valence-electron chi connectivity index (χ1n) is 8.72. The maximum atomic E-state index is 13.8. The third-order valence-corrected chi connectivity index (χ3v) is 7.46. The van der Waals surface area contributed by atoms with E-state index in [0.717, 1.165) is 10.4 Å². The zero-order chi connectivity index (χ0) is 19.6. The predicted molar refractivity (Wildman–Crippen MR) is 103 cm³/mol. The zero-order valence-corrected chi connectivity index (χ0v) is 16.9. The smallest absolute Gasteiger partial charge is 0.263 e. The van der Waals surface area contributed by atoms with Gasteiger partial charge in [-0.15, -0.1) is 11.3 Å². The Morgan fingerprint density at radius 1 is 1.37 bits per heavy atom. The molecule has 0 radical (unpaired) electrons. The van der Waals surface area contributed by atoms with Crippen molar-refractivity contribution in [1.29, 1.82) is 0 Å². The second kappa shape index (κ2) is 7.98. The van der Waals surface area contributed by atoms with E-state index >= 15 is 0 Å². The van der Waals surface area contributed by atoms with Gasteiger partial charge in [-0.25, -0.2) is 12.8 Å². The summed E-state index contributed by atoms with van der Waals surface area (Å²) in [5.74, 6) is -0.845. The van der Waals surface area contributed by atoms with Crippen LogP contribution in [0.4, 0.5) is 4.39 Å². The second-order valence-corrected chi connectivity index (χ2v) is 9.97. The van der Waals surface area contributed by atoms with Gasteiger partial charge in [-0.3, -0.25) is 4.79 Å². The van der Waals surface area contributed by atoms with E-state index in [9.17, 15) is 17.6 Å². The highest BCUT2D eigenvalue weighted by molar-refractivity contribution is 7.91. The van der Waals surface area contributed by atoms with Crippen molar-refractivity contribution in [3.63, 3.8) is 0 Å². The molecule has 1 saturated heterocycles. The molecule has 1 fully saturated rings. The number of hydrogen-bond donors (Lipinski definition) is 0. The third-order valence-electron chi connectivity index (χ3n) is 4.70. The molecular weight excluding hydrogens is 389 g/mol. The Hall–Kier alpha value is -1.93. The Morgan fingerprint density at radius 3 is 2.70 bits per heavy atom. The van der Waals surface area contributed by atoms with Crippen LogP contribution in [0.1, 0.15) is 23.8 Å². The standard InChI is InChI=1S/C19H22FNO4S2/c1-13-7-9-26-18(13)11-21(15-8-10-27(23,24)12-15)19(22)14(2)25-17-6-4-3-5-16(17)20/h3-7,9,14-15H,8,10-12H2,1-2H3. The van der Waals surface area contributed by atoms with Crippen LogP contribution in [0, 0.1) is 12.7 Å². The molecule has 0 bridgehead atoms. The van der Waals surface area contributed by atoms with Gasteiger partial charge in [0.1, 0.15) is 0 Å². The summed E-state index contributed by atoms with van der Waals surface area (Å²) in [6, 6.07) is 7.48. The molecule has 0 spiro atoms. The monoisotopic (exact) mass is 411 g/mol. The van der Waals surface area contributed by atoms with Crippen LogP contribution in [-0.2, 0) is 21.2 Å². The predicted octanol–water partition coefficient (Wildman–Crippen LogP) is 3.18. The maximum absolute atomic E-state index is 13.8. The number of para-hydroxylation sites is 1. The highest BCUT2D eigenvalue weighted by Gasteiger charge is 2.37. The van der Waals surface area contributed by atoms with Crippen LogP contribution in [0.5, 0.6) is 5.75 Å². The fourth-order valence-corrected chi connectivity index (χ4v) is 5.78. The average Bonchev–Trinajstić information content (AvgIpc) is 3.19. The number of carbonyl (C=O) groups excluding carboxylic acids is 1. The van der Waals surface area contributed by atoms with Crippen LogP contribution in [0.3, 0.4) is 0 Å². The van der Waals surface area contributed by atoms with E-state index in [1.807, 2.05) is 18.4 Å². The van der Waals surface area contributed by atoms with Crippen molar-refractivity contribution in [2.75, 3.05) is 11.5 Å². The van der Waals surface area contributed by atoms with Crippen LogP contribution >= 0.6 is 11.3 Å². The number of aryl methyl sites for hydroxylation is 1. The lowest BCUT2D eigenvalue weighted by molar-refractivity contribution is -0.140. The molecule has 1 aromatic carbocycles. The van der Waals surface area contributed by atoms with Gasteiger partial charge in [-0.2, -0.15) is 0 Å². The normalized spacial score (nSPS) is 19.6. The van der Waals surface area contributed by atoms with Crippen LogP contribution in [0.15, 0.2) is 35.7 Å². The van der Waals surface area contributed by atoms with Crippen molar-refractivity contribution in [2.45, 2.75) is 39.0 Å². The molecule has 5 nitrogen and oxygen atoms in total. The van der Waals surface area contributed by atoms with Crippen molar-refractivity contribution in [3.05, 3.63) is 52.0 Å². The van der Waals surface area contributed by atoms with Crippen molar-refractivity contribution in [2.24, 2.45) is 0 Å². The summed E-state index contributed by atoms with van der Waals surface area (Å²) in [7, 11) is -3.15. The molecule has 8 heteroatoms. The number of sulfone groups is 1. The van der Waals surface area contributed by atoms with Crippen LogP contribution in [0.25, 0.3) is 0 Å². The number of thiophene rings is 1. The molecular formula is C19H22FNO4S2. The minimum absolute atomic E-state index is 0.00430. The summed E-state index contributed by atoms with van der Waals surface area (Å²) in [5.41, 5.74) is 1.06. The van der Waals surface area contributed by atoms with Crippen LogP contribution in [-0.4, -0.2) is 42.9 Å². The Balaban J connectivity index is 1.81. The highest BCUT2D eigenvalue weighted by Crippen LogP contribution is 2.26. The van der Waals surface area contributed by atoms with Crippen molar-refractivity contribution in [1.82, 2.24) is 4.90 Å². The lowest BCUT2D eigenvalue weighted by Gasteiger charge is -2.30. The molecule has 1 amide bonds. The molecule has 3 rings (SSSR count). The number of nitrogens with zero attached hydrogens (tertiary/aromatic N) is 1. The lowest BCUT2D eigenvalue weighted by Crippen LogP contribution is -2.46. The minimum atomic E-state index is -3.15. The SMILES string of the molecule is Cc1ccsc1CN(C(=O)C(C)Oc1ccccc1F)C1CCS(=O)(=O)C1. The molecule has 146 valence electrons. The fraction of sp³-hybridized carbons (Fsp3) is 0.421. The van der Waals surface area contributed by atoms with Gasteiger partial charge in [0.15, 0.2) is 27.5 Å². The minimum Gasteiger partial charge on any atom is -0.478 e. The summed E-state index contributed by atoms with van der Waals surface area (Å²) in [6.07, 6.45) is -0.518. The summed E-state index contributed by atoms with van der Waals surface area (Å²) in [6.45, 7) is 3.85. The van der Waals surface area contributed by atoms with Gasteiger partial charge in [0.2, 0.25) is 0 Å². The van der Waals surface area contributed by atoms with E-state index in [1.165, 1.54) is 23.5 Å². The summed E-state index contributed by atoms with van der Waals surface area (Å²) in [5, 5.41) is 1.94. The molecule has 2 aromatic rings.